The molecule has 0 aliphatic heterocycles. The van der Waals surface area contributed by atoms with Gasteiger partial charge in [0.25, 0.3) is 0 Å². The van der Waals surface area contributed by atoms with Crippen LogP contribution in [-0.2, 0) is 0 Å². The SMILES string of the molecule is C=CC1=C(F)CC1. The molecule has 0 spiro atoms. The largest absolute Gasteiger partial charge is 0.212 e. The Morgan fingerprint density at radius 3 is 2.29 bits per heavy atom. The zero-order valence-electron chi connectivity index (χ0n) is 4.08. The molecule has 0 heterocycles. The first-order valence-electron chi connectivity index (χ1n) is 2.34. The van der Waals surface area contributed by atoms with Crippen LogP contribution in [0.4, 0.5) is 4.39 Å². The van der Waals surface area contributed by atoms with E-state index in [0.717, 1.165) is 12.0 Å². The molecular weight excluding hydrogens is 91.1 g/mol. The molecule has 1 aliphatic carbocycles. The fourth-order valence-corrected chi connectivity index (χ4v) is 0.577. The van der Waals surface area contributed by atoms with E-state index in [1.165, 1.54) is 0 Å². The van der Waals surface area contributed by atoms with E-state index in [1.807, 2.05) is 0 Å². The van der Waals surface area contributed by atoms with Gasteiger partial charge in [-0.25, -0.2) is 4.39 Å². The smallest absolute Gasteiger partial charge is 0.103 e. The van der Waals surface area contributed by atoms with Crippen molar-refractivity contribution >= 4 is 0 Å². The molecule has 1 aliphatic rings. The zero-order valence-corrected chi connectivity index (χ0v) is 4.08. The van der Waals surface area contributed by atoms with E-state index in [0.29, 0.717) is 6.42 Å². The Balaban J connectivity index is 2.70. The van der Waals surface area contributed by atoms with Gasteiger partial charge >= 0.3 is 0 Å². The van der Waals surface area contributed by atoms with Gasteiger partial charge < -0.3 is 0 Å². The van der Waals surface area contributed by atoms with Crippen LogP contribution in [0.25, 0.3) is 0 Å². The lowest BCUT2D eigenvalue weighted by Gasteiger charge is -2.11. The normalized spacial score (nSPS) is 19.0. The average molecular weight is 98.1 g/mol. The minimum Gasteiger partial charge on any atom is -0.212 e. The van der Waals surface area contributed by atoms with Crippen LogP contribution >= 0.6 is 0 Å². The van der Waals surface area contributed by atoms with Gasteiger partial charge in [-0.1, -0.05) is 12.7 Å². The maximum atomic E-state index is 12.0. The standard InChI is InChI=1S/C6H7F/c1-2-5-3-4-6(5)7/h2H,1,3-4H2. The number of rotatable bonds is 1. The summed E-state index contributed by atoms with van der Waals surface area (Å²) in [5.41, 5.74) is 0.792. The average Bonchev–Trinajstić information content (AvgIpc) is 1.65. The Hall–Kier alpha value is -0.590. The molecule has 0 N–H and O–H groups in total. The Kier molecular flexibility index (Phi) is 0.970. The van der Waals surface area contributed by atoms with Gasteiger partial charge in [-0.15, -0.1) is 0 Å². The second kappa shape index (κ2) is 1.49. The van der Waals surface area contributed by atoms with Crippen molar-refractivity contribution in [1.82, 2.24) is 0 Å². The predicted octanol–water partition coefficient (Wildman–Crippen LogP) is 2.19. The summed E-state index contributed by atoms with van der Waals surface area (Å²) in [6.07, 6.45) is 3.09. The molecular formula is C6H7F. The van der Waals surface area contributed by atoms with Crippen molar-refractivity contribution in [3.8, 4) is 0 Å². The maximum Gasteiger partial charge on any atom is 0.103 e. The van der Waals surface area contributed by atoms with Crippen LogP contribution in [0, 0.1) is 0 Å². The third-order valence-corrected chi connectivity index (χ3v) is 1.21. The van der Waals surface area contributed by atoms with Gasteiger partial charge in [-0.05, 0) is 12.0 Å². The van der Waals surface area contributed by atoms with Crippen molar-refractivity contribution in [2.24, 2.45) is 0 Å². The Morgan fingerprint density at radius 2 is 2.29 bits per heavy atom. The first-order chi connectivity index (χ1) is 3.34. The number of halogens is 1. The van der Waals surface area contributed by atoms with Crippen LogP contribution in [0.3, 0.4) is 0 Å². The summed E-state index contributed by atoms with van der Waals surface area (Å²) in [5.74, 6) is 0.0231. The number of hydrogen-bond acceptors (Lipinski definition) is 0. The van der Waals surface area contributed by atoms with Crippen molar-refractivity contribution in [1.29, 1.82) is 0 Å². The molecule has 0 bridgehead atoms. The first-order valence-corrected chi connectivity index (χ1v) is 2.34. The van der Waals surface area contributed by atoms with Gasteiger partial charge in [0.05, 0.1) is 0 Å². The minimum absolute atomic E-state index is 0.0231. The van der Waals surface area contributed by atoms with Gasteiger partial charge in [0.15, 0.2) is 0 Å². The van der Waals surface area contributed by atoms with Crippen LogP contribution < -0.4 is 0 Å². The van der Waals surface area contributed by atoms with E-state index in [2.05, 4.69) is 6.58 Å². The zero-order chi connectivity index (χ0) is 5.28. The predicted molar refractivity (Wildman–Crippen MR) is 27.6 cm³/mol. The highest BCUT2D eigenvalue weighted by atomic mass is 19.1. The molecule has 0 nitrogen and oxygen atoms in total. The first kappa shape index (κ1) is 4.57. The molecule has 0 radical (unpaired) electrons. The minimum atomic E-state index is 0.0231. The molecule has 1 rings (SSSR count). The van der Waals surface area contributed by atoms with Gasteiger partial charge in [0, 0.05) is 6.42 Å². The summed E-state index contributed by atoms with van der Waals surface area (Å²) in [5, 5.41) is 0. The van der Waals surface area contributed by atoms with Crippen molar-refractivity contribution < 1.29 is 4.39 Å². The second-order valence-corrected chi connectivity index (χ2v) is 1.63. The fourth-order valence-electron chi connectivity index (χ4n) is 0.577. The topological polar surface area (TPSA) is 0 Å². The lowest BCUT2D eigenvalue weighted by Crippen LogP contribution is -1.95. The van der Waals surface area contributed by atoms with E-state index >= 15 is 0 Å². The van der Waals surface area contributed by atoms with E-state index in [-0.39, 0.29) is 5.83 Å². The molecule has 0 fully saturated rings. The van der Waals surface area contributed by atoms with Crippen LogP contribution in [0.15, 0.2) is 24.1 Å². The van der Waals surface area contributed by atoms with Crippen molar-refractivity contribution in [2.75, 3.05) is 0 Å². The van der Waals surface area contributed by atoms with Gasteiger partial charge in [0.1, 0.15) is 5.83 Å². The highest BCUT2D eigenvalue weighted by Crippen LogP contribution is 2.28. The van der Waals surface area contributed by atoms with Gasteiger partial charge in [-0.3, -0.25) is 0 Å². The molecule has 38 valence electrons. The van der Waals surface area contributed by atoms with Gasteiger partial charge in [0.2, 0.25) is 0 Å². The van der Waals surface area contributed by atoms with E-state index in [1.54, 1.807) is 6.08 Å². The monoisotopic (exact) mass is 98.1 g/mol. The summed E-state index contributed by atoms with van der Waals surface area (Å²) < 4.78 is 12.0. The lowest BCUT2D eigenvalue weighted by atomic mass is 9.98. The fraction of sp³-hybridized carbons (Fsp3) is 0.333. The molecule has 0 atom stereocenters. The maximum absolute atomic E-state index is 12.0. The summed E-state index contributed by atoms with van der Waals surface area (Å²) in [4.78, 5) is 0. The lowest BCUT2D eigenvalue weighted by molar-refractivity contribution is 0.531. The summed E-state index contributed by atoms with van der Waals surface area (Å²) in [6.45, 7) is 3.44. The Labute approximate surface area is 42.3 Å². The Bertz CT molecular complexity index is 122. The second-order valence-electron chi connectivity index (χ2n) is 1.63. The highest BCUT2D eigenvalue weighted by molar-refractivity contribution is 5.27. The molecule has 0 amide bonds. The molecule has 0 aromatic carbocycles. The van der Waals surface area contributed by atoms with Crippen LogP contribution in [0.2, 0.25) is 0 Å². The van der Waals surface area contributed by atoms with Crippen molar-refractivity contribution in [3.05, 3.63) is 24.1 Å². The molecule has 7 heavy (non-hydrogen) atoms. The van der Waals surface area contributed by atoms with Crippen LogP contribution in [-0.4, -0.2) is 0 Å². The molecule has 0 unspecified atom stereocenters. The quantitative estimate of drug-likeness (QED) is 0.471. The Morgan fingerprint density at radius 1 is 1.57 bits per heavy atom. The highest BCUT2D eigenvalue weighted by Gasteiger charge is 2.12. The van der Waals surface area contributed by atoms with E-state index < -0.39 is 0 Å². The molecule has 1 heteroatoms. The van der Waals surface area contributed by atoms with Crippen molar-refractivity contribution in [2.45, 2.75) is 12.8 Å². The van der Waals surface area contributed by atoms with Gasteiger partial charge in [-0.2, -0.15) is 0 Å². The third-order valence-electron chi connectivity index (χ3n) is 1.21. The van der Waals surface area contributed by atoms with E-state index in [4.69, 9.17) is 0 Å². The summed E-state index contributed by atoms with van der Waals surface area (Å²) in [6, 6.07) is 0. The molecule has 0 saturated carbocycles. The number of allylic oxidation sites excluding steroid dienone is 3. The molecule has 0 saturated heterocycles. The molecule has 0 aromatic heterocycles. The van der Waals surface area contributed by atoms with Crippen LogP contribution in [0.5, 0.6) is 0 Å². The van der Waals surface area contributed by atoms with Crippen LogP contribution in [0.1, 0.15) is 12.8 Å². The number of hydrogen-bond donors (Lipinski definition) is 0. The van der Waals surface area contributed by atoms with E-state index in [9.17, 15) is 4.39 Å². The summed E-state index contributed by atoms with van der Waals surface area (Å²) in [7, 11) is 0. The van der Waals surface area contributed by atoms with Crippen molar-refractivity contribution in [3.63, 3.8) is 0 Å². The summed E-state index contributed by atoms with van der Waals surface area (Å²) >= 11 is 0. The molecule has 0 aromatic rings. The third kappa shape index (κ3) is 0.581.